The number of hydrogen-bond acceptors (Lipinski definition) is 6. The van der Waals surface area contributed by atoms with Crippen molar-refractivity contribution in [3.05, 3.63) is 35.9 Å². The van der Waals surface area contributed by atoms with Crippen LogP contribution in [0.2, 0.25) is 0 Å². The summed E-state index contributed by atoms with van der Waals surface area (Å²) in [5.74, 6) is -0.561. The number of carbonyl (C=O) groups excluding carboxylic acids is 3. The Balaban J connectivity index is 2.41. The van der Waals surface area contributed by atoms with E-state index < -0.39 is 35.8 Å². The molecule has 1 aliphatic heterocycles. The average molecular weight is 460 g/mol. The van der Waals surface area contributed by atoms with Crippen LogP contribution in [0.4, 0.5) is 4.79 Å². The van der Waals surface area contributed by atoms with Crippen molar-refractivity contribution in [2.24, 2.45) is 10.9 Å². The second-order valence-electron chi connectivity index (χ2n) is 9.84. The summed E-state index contributed by atoms with van der Waals surface area (Å²) >= 11 is 0. The molecular weight excluding hydrogens is 422 g/mol. The predicted octanol–water partition coefficient (Wildman–Crippen LogP) is 3.38. The van der Waals surface area contributed by atoms with Crippen molar-refractivity contribution in [1.29, 1.82) is 0 Å². The molecule has 3 atom stereocenters. The van der Waals surface area contributed by atoms with Gasteiger partial charge in [-0.2, -0.15) is 0 Å². The van der Waals surface area contributed by atoms with Gasteiger partial charge < -0.3 is 19.7 Å². The Morgan fingerprint density at radius 3 is 2.33 bits per heavy atom. The number of aliphatic imine (C=N–C) groups is 1. The van der Waals surface area contributed by atoms with Crippen LogP contribution in [0.15, 0.2) is 35.3 Å². The molecule has 0 fully saturated rings. The van der Waals surface area contributed by atoms with Crippen molar-refractivity contribution in [3.63, 3.8) is 0 Å². The molecule has 1 aromatic rings. The molecule has 0 unspecified atom stereocenters. The van der Waals surface area contributed by atoms with Gasteiger partial charge in [-0.25, -0.2) is 9.59 Å². The molecule has 1 heterocycles. The Hall–Kier alpha value is -2.90. The second kappa shape index (κ2) is 11.3. The van der Waals surface area contributed by atoms with Crippen molar-refractivity contribution in [1.82, 2.24) is 10.2 Å². The number of nitrogens with zero attached hydrogens (tertiary/aromatic N) is 2. The number of nitrogens with one attached hydrogen (secondary N) is 1. The predicted molar refractivity (Wildman–Crippen MR) is 127 cm³/mol. The molecule has 8 heteroatoms. The van der Waals surface area contributed by atoms with Crippen molar-refractivity contribution in [3.8, 4) is 0 Å². The molecule has 1 aliphatic rings. The lowest BCUT2D eigenvalue weighted by Gasteiger charge is -2.38. The highest BCUT2D eigenvalue weighted by atomic mass is 16.6. The van der Waals surface area contributed by atoms with Crippen LogP contribution < -0.4 is 5.32 Å². The maximum absolute atomic E-state index is 13.1. The Labute approximate surface area is 196 Å². The molecule has 0 spiro atoms. The summed E-state index contributed by atoms with van der Waals surface area (Å²) < 4.78 is 10.4. The van der Waals surface area contributed by atoms with E-state index in [-0.39, 0.29) is 18.4 Å². The minimum atomic E-state index is -0.762. The van der Waals surface area contributed by atoms with Crippen molar-refractivity contribution in [2.45, 2.75) is 78.1 Å². The first-order chi connectivity index (χ1) is 15.4. The van der Waals surface area contributed by atoms with E-state index in [4.69, 9.17) is 14.5 Å². The fourth-order valence-corrected chi connectivity index (χ4v) is 3.73. The van der Waals surface area contributed by atoms with Crippen LogP contribution in [-0.4, -0.2) is 66.0 Å². The fraction of sp³-hybridized carbons (Fsp3) is 0.600. The van der Waals surface area contributed by atoms with Crippen LogP contribution in [-0.2, 0) is 25.5 Å². The minimum absolute atomic E-state index is 0.185. The first-order valence-corrected chi connectivity index (χ1v) is 11.4. The van der Waals surface area contributed by atoms with E-state index in [2.05, 4.69) is 5.32 Å². The third-order valence-electron chi connectivity index (χ3n) is 5.29. The summed E-state index contributed by atoms with van der Waals surface area (Å²) in [6.45, 7) is 11.3. The SMILES string of the molecule is COC(=O)[C@H](C)N1C[C@@H]([C@H](Cc2ccccc2)NC(=O)OC(C)(C)C)N=C(CC(C)C)C1=O. The summed E-state index contributed by atoms with van der Waals surface area (Å²) in [5.41, 5.74) is 0.770. The van der Waals surface area contributed by atoms with Gasteiger partial charge in [0.05, 0.1) is 19.2 Å². The molecule has 8 nitrogen and oxygen atoms in total. The molecule has 0 saturated carbocycles. The first-order valence-electron chi connectivity index (χ1n) is 11.4. The van der Waals surface area contributed by atoms with Crippen LogP contribution >= 0.6 is 0 Å². The Morgan fingerprint density at radius 1 is 1.15 bits per heavy atom. The number of ether oxygens (including phenoxy) is 2. The number of amides is 2. The van der Waals surface area contributed by atoms with E-state index in [9.17, 15) is 14.4 Å². The standard InChI is InChI=1S/C25H37N3O5/c1-16(2)13-20-22(29)28(17(3)23(30)32-7)15-21(26-20)19(14-18-11-9-8-10-12-18)27-24(31)33-25(4,5)6/h8-12,16-17,19,21H,13-15H2,1-7H3,(H,27,31)/t17-,19-,21-/m0/s1. The summed E-state index contributed by atoms with van der Waals surface area (Å²) in [4.78, 5) is 44.3. The molecule has 0 bridgehead atoms. The normalized spacial score (nSPS) is 18.4. The third kappa shape index (κ3) is 7.87. The number of esters is 1. The number of hydrogen-bond donors (Lipinski definition) is 1. The van der Waals surface area contributed by atoms with Gasteiger partial charge in [0.25, 0.3) is 5.91 Å². The molecule has 182 valence electrons. The van der Waals surface area contributed by atoms with Gasteiger partial charge in [-0.3, -0.25) is 9.79 Å². The van der Waals surface area contributed by atoms with E-state index in [1.165, 1.54) is 12.0 Å². The Morgan fingerprint density at radius 2 is 1.79 bits per heavy atom. The maximum atomic E-state index is 13.1. The lowest BCUT2D eigenvalue weighted by molar-refractivity contribution is -0.150. The molecule has 1 N–H and O–H groups in total. The summed E-state index contributed by atoms with van der Waals surface area (Å²) in [5, 5.41) is 2.96. The fourth-order valence-electron chi connectivity index (χ4n) is 3.73. The van der Waals surface area contributed by atoms with Crippen molar-refractivity contribution in [2.75, 3.05) is 13.7 Å². The van der Waals surface area contributed by atoms with Gasteiger partial charge in [-0.1, -0.05) is 44.2 Å². The molecule has 33 heavy (non-hydrogen) atoms. The molecule has 0 aliphatic carbocycles. The van der Waals surface area contributed by atoms with Crippen molar-refractivity contribution >= 4 is 23.7 Å². The van der Waals surface area contributed by atoms with E-state index in [0.29, 0.717) is 18.6 Å². The molecule has 0 radical (unpaired) electrons. The number of carbonyl (C=O) groups is 3. The lowest BCUT2D eigenvalue weighted by atomic mass is 9.95. The van der Waals surface area contributed by atoms with Crippen LogP contribution in [0.3, 0.4) is 0 Å². The van der Waals surface area contributed by atoms with Crippen LogP contribution in [0.25, 0.3) is 0 Å². The summed E-state index contributed by atoms with van der Waals surface area (Å²) in [6.07, 6.45) is 0.427. The number of methoxy groups -OCH3 is 1. The van der Waals surface area contributed by atoms with E-state index >= 15 is 0 Å². The van der Waals surface area contributed by atoms with E-state index in [1.807, 2.05) is 44.2 Å². The van der Waals surface area contributed by atoms with Gasteiger partial charge in [0.2, 0.25) is 0 Å². The van der Waals surface area contributed by atoms with Gasteiger partial charge >= 0.3 is 12.1 Å². The summed E-state index contributed by atoms with van der Waals surface area (Å²) in [7, 11) is 1.30. The van der Waals surface area contributed by atoms with E-state index in [0.717, 1.165) is 5.56 Å². The quantitative estimate of drug-likeness (QED) is 0.601. The van der Waals surface area contributed by atoms with Crippen LogP contribution in [0.1, 0.15) is 53.5 Å². The average Bonchev–Trinajstić information content (AvgIpc) is 2.72. The molecule has 1 aromatic carbocycles. The topological polar surface area (TPSA) is 97.3 Å². The first kappa shape index (κ1) is 26.4. The van der Waals surface area contributed by atoms with Gasteiger partial charge in [-0.05, 0) is 52.0 Å². The van der Waals surface area contributed by atoms with E-state index in [1.54, 1.807) is 27.7 Å². The highest BCUT2D eigenvalue weighted by Gasteiger charge is 2.38. The van der Waals surface area contributed by atoms with Crippen LogP contribution in [0, 0.1) is 5.92 Å². The number of rotatable bonds is 8. The zero-order valence-corrected chi connectivity index (χ0v) is 20.8. The molecule has 0 saturated heterocycles. The van der Waals surface area contributed by atoms with Gasteiger partial charge in [0.1, 0.15) is 17.4 Å². The minimum Gasteiger partial charge on any atom is -0.467 e. The molecule has 2 amide bonds. The van der Waals surface area contributed by atoms with Gasteiger partial charge in [0, 0.05) is 6.54 Å². The van der Waals surface area contributed by atoms with Crippen molar-refractivity contribution < 1.29 is 23.9 Å². The molecule has 2 rings (SSSR count). The van der Waals surface area contributed by atoms with Gasteiger partial charge in [0.15, 0.2) is 0 Å². The second-order valence-corrected chi connectivity index (χ2v) is 9.84. The number of alkyl carbamates (subject to hydrolysis) is 1. The largest absolute Gasteiger partial charge is 0.467 e. The lowest BCUT2D eigenvalue weighted by Crippen LogP contribution is -2.58. The zero-order chi connectivity index (χ0) is 24.8. The third-order valence-corrected chi connectivity index (χ3v) is 5.29. The van der Waals surface area contributed by atoms with Crippen LogP contribution in [0.5, 0.6) is 0 Å². The molecular formula is C25H37N3O5. The molecule has 0 aromatic heterocycles. The monoisotopic (exact) mass is 459 g/mol. The highest BCUT2D eigenvalue weighted by molar-refractivity contribution is 6.39. The smallest absolute Gasteiger partial charge is 0.407 e. The number of benzene rings is 1. The highest BCUT2D eigenvalue weighted by Crippen LogP contribution is 2.21. The Kier molecular flexibility index (Phi) is 9.02. The zero-order valence-electron chi connectivity index (χ0n) is 20.8. The maximum Gasteiger partial charge on any atom is 0.407 e. The van der Waals surface area contributed by atoms with Gasteiger partial charge in [-0.15, -0.1) is 0 Å². The Bertz CT molecular complexity index is 861. The summed E-state index contributed by atoms with van der Waals surface area (Å²) in [6, 6.07) is 8.10.